The Morgan fingerprint density at radius 2 is 2.04 bits per heavy atom. The SMILES string of the molecule is N#Cc1cccc(C(=O)N2CC3(C2)[C@@H](COCC2CC2)CCS3(=O)=O)c1. The molecule has 1 spiro atoms. The molecule has 0 unspecified atom stereocenters. The van der Waals surface area contributed by atoms with Crippen molar-refractivity contribution >= 4 is 15.7 Å². The average Bonchev–Trinajstić information content (AvgIpc) is 3.37. The Morgan fingerprint density at radius 1 is 1.27 bits per heavy atom. The van der Waals surface area contributed by atoms with Crippen molar-refractivity contribution in [1.29, 1.82) is 5.26 Å². The first-order chi connectivity index (χ1) is 12.4. The molecule has 138 valence electrons. The molecule has 2 aliphatic heterocycles. The number of carbonyl (C=O) groups excluding carboxylic acids is 1. The van der Waals surface area contributed by atoms with Gasteiger partial charge in [-0.1, -0.05) is 6.07 Å². The van der Waals surface area contributed by atoms with E-state index in [1.807, 2.05) is 6.07 Å². The van der Waals surface area contributed by atoms with Gasteiger partial charge >= 0.3 is 0 Å². The summed E-state index contributed by atoms with van der Waals surface area (Å²) in [6, 6.07) is 8.54. The first kappa shape index (κ1) is 17.5. The highest BCUT2D eigenvalue weighted by Gasteiger charge is 2.62. The first-order valence-electron chi connectivity index (χ1n) is 9.05. The molecule has 26 heavy (non-hydrogen) atoms. The van der Waals surface area contributed by atoms with Crippen LogP contribution in [0.1, 0.15) is 35.2 Å². The van der Waals surface area contributed by atoms with Crippen molar-refractivity contribution in [2.24, 2.45) is 11.8 Å². The number of hydrogen-bond acceptors (Lipinski definition) is 5. The monoisotopic (exact) mass is 374 g/mol. The summed E-state index contributed by atoms with van der Waals surface area (Å²) in [5, 5.41) is 8.98. The van der Waals surface area contributed by atoms with Gasteiger partial charge in [0.25, 0.3) is 5.91 Å². The van der Waals surface area contributed by atoms with Crippen LogP contribution in [-0.4, -0.2) is 56.0 Å². The Balaban J connectivity index is 1.45. The van der Waals surface area contributed by atoms with Gasteiger partial charge in [-0.05, 0) is 43.4 Å². The minimum Gasteiger partial charge on any atom is -0.381 e. The molecule has 7 heteroatoms. The molecule has 0 bridgehead atoms. The fourth-order valence-electron chi connectivity index (χ4n) is 4.02. The maximum absolute atomic E-state index is 12.7. The standard InChI is InChI=1S/C19H22N2O4S/c20-9-15-2-1-3-16(8-15)18(22)21-12-19(13-21)17(6-7-26(19,23)24)11-25-10-14-4-5-14/h1-3,8,14,17H,4-7,10-13H2/t17-/m1/s1. The van der Waals surface area contributed by atoms with Crippen LogP contribution in [-0.2, 0) is 14.6 Å². The molecule has 0 radical (unpaired) electrons. The summed E-state index contributed by atoms with van der Waals surface area (Å²) in [4.78, 5) is 14.2. The van der Waals surface area contributed by atoms with Gasteiger partial charge in [0.15, 0.2) is 9.84 Å². The summed E-state index contributed by atoms with van der Waals surface area (Å²) in [7, 11) is -3.22. The Labute approximate surface area is 153 Å². The highest BCUT2D eigenvalue weighted by molar-refractivity contribution is 7.93. The van der Waals surface area contributed by atoms with E-state index < -0.39 is 14.6 Å². The lowest BCUT2D eigenvalue weighted by Crippen LogP contribution is -2.68. The van der Waals surface area contributed by atoms with Crippen LogP contribution in [0, 0.1) is 23.2 Å². The fraction of sp³-hybridized carbons (Fsp3) is 0.579. The Kier molecular flexibility index (Phi) is 4.28. The van der Waals surface area contributed by atoms with Gasteiger partial charge in [-0.25, -0.2) is 8.42 Å². The number of sulfone groups is 1. The van der Waals surface area contributed by atoms with Crippen molar-refractivity contribution in [1.82, 2.24) is 4.90 Å². The summed E-state index contributed by atoms with van der Waals surface area (Å²) in [5.41, 5.74) is 0.849. The van der Waals surface area contributed by atoms with Crippen LogP contribution in [0.2, 0.25) is 0 Å². The lowest BCUT2D eigenvalue weighted by Gasteiger charge is -2.49. The highest BCUT2D eigenvalue weighted by atomic mass is 32.2. The molecule has 6 nitrogen and oxygen atoms in total. The number of amides is 1. The van der Waals surface area contributed by atoms with E-state index in [0.717, 1.165) is 6.61 Å². The van der Waals surface area contributed by atoms with Crippen LogP contribution in [0.25, 0.3) is 0 Å². The van der Waals surface area contributed by atoms with Crippen molar-refractivity contribution in [3.8, 4) is 6.07 Å². The molecule has 4 rings (SSSR count). The van der Waals surface area contributed by atoms with Crippen molar-refractivity contribution < 1.29 is 17.9 Å². The number of rotatable bonds is 5. The van der Waals surface area contributed by atoms with Gasteiger partial charge in [-0.15, -0.1) is 0 Å². The number of likely N-dealkylation sites (tertiary alicyclic amines) is 1. The number of nitriles is 1. The molecule has 3 fully saturated rings. The van der Waals surface area contributed by atoms with Gasteiger partial charge in [0.2, 0.25) is 0 Å². The minimum atomic E-state index is -3.22. The van der Waals surface area contributed by atoms with Crippen molar-refractivity contribution in [3.05, 3.63) is 35.4 Å². The molecule has 1 amide bonds. The minimum absolute atomic E-state index is 0.0410. The van der Waals surface area contributed by atoms with Crippen LogP contribution < -0.4 is 0 Å². The molecule has 2 heterocycles. The second-order valence-corrected chi connectivity index (χ2v) is 10.2. The van der Waals surface area contributed by atoms with Gasteiger partial charge in [-0.3, -0.25) is 4.79 Å². The van der Waals surface area contributed by atoms with E-state index in [9.17, 15) is 13.2 Å². The molecule has 1 atom stereocenters. The number of benzene rings is 1. The normalized spacial score (nSPS) is 25.7. The van der Waals surface area contributed by atoms with E-state index in [1.54, 1.807) is 29.2 Å². The largest absolute Gasteiger partial charge is 0.381 e. The van der Waals surface area contributed by atoms with E-state index in [-0.39, 0.29) is 30.7 Å². The zero-order chi connectivity index (χ0) is 18.4. The predicted octanol–water partition coefficient (Wildman–Crippen LogP) is 1.61. The van der Waals surface area contributed by atoms with E-state index in [4.69, 9.17) is 10.00 Å². The molecular weight excluding hydrogens is 352 g/mol. The molecule has 1 aromatic rings. The average molecular weight is 374 g/mol. The molecule has 2 saturated heterocycles. The van der Waals surface area contributed by atoms with Gasteiger partial charge in [0.05, 0.1) is 24.0 Å². The van der Waals surface area contributed by atoms with Gasteiger partial charge in [-0.2, -0.15) is 5.26 Å². The smallest absolute Gasteiger partial charge is 0.253 e. The zero-order valence-electron chi connectivity index (χ0n) is 14.6. The second kappa shape index (κ2) is 6.36. The number of nitrogens with zero attached hydrogens (tertiary/aromatic N) is 2. The van der Waals surface area contributed by atoms with Crippen LogP contribution in [0.3, 0.4) is 0 Å². The zero-order valence-corrected chi connectivity index (χ0v) is 15.4. The van der Waals surface area contributed by atoms with Crippen LogP contribution in [0.5, 0.6) is 0 Å². The summed E-state index contributed by atoms with van der Waals surface area (Å²) in [6.07, 6.45) is 3.02. The lowest BCUT2D eigenvalue weighted by molar-refractivity contribution is 0.0228. The van der Waals surface area contributed by atoms with Crippen molar-refractivity contribution in [3.63, 3.8) is 0 Å². The summed E-state index contributed by atoms with van der Waals surface area (Å²) in [5.74, 6) is 0.570. The van der Waals surface area contributed by atoms with E-state index in [1.165, 1.54) is 12.8 Å². The predicted molar refractivity (Wildman–Crippen MR) is 95.2 cm³/mol. The Morgan fingerprint density at radius 3 is 2.73 bits per heavy atom. The number of carbonyl (C=O) groups is 1. The van der Waals surface area contributed by atoms with Gasteiger partial charge in [0.1, 0.15) is 4.75 Å². The van der Waals surface area contributed by atoms with E-state index in [0.29, 0.717) is 30.1 Å². The van der Waals surface area contributed by atoms with Gasteiger partial charge < -0.3 is 9.64 Å². The lowest BCUT2D eigenvalue weighted by atomic mass is 9.83. The summed E-state index contributed by atoms with van der Waals surface area (Å²) < 4.78 is 30.2. The van der Waals surface area contributed by atoms with Crippen LogP contribution >= 0.6 is 0 Å². The maximum Gasteiger partial charge on any atom is 0.253 e. The topological polar surface area (TPSA) is 87.5 Å². The Hall–Kier alpha value is -1.91. The third kappa shape index (κ3) is 2.91. The van der Waals surface area contributed by atoms with Crippen molar-refractivity contribution in [2.45, 2.75) is 24.0 Å². The summed E-state index contributed by atoms with van der Waals surface area (Å²) in [6.45, 7) is 1.63. The third-order valence-corrected chi connectivity index (χ3v) is 8.51. The Bertz CT molecular complexity index is 864. The molecule has 1 aliphatic carbocycles. The van der Waals surface area contributed by atoms with E-state index in [2.05, 4.69) is 0 Å². The summed E-state index contributed by atoms with van der Waals surface area (Å²) >= 11 is 0. The molecule has 0 aromatic heterocycles. The molecule has 3 aliphatic rings. The quantitative estimate of drug-likeness (QED) is 0.781. The van der Waals surface area contributed by atoms with Crippen LogP contribution in [0.15, 0.2) is 24.3 Å². The van der Waals surface area contributed by atoms with Crippen LogP contribution in [0.4, 0.5) is 0 Å². The molecule has 1 aromatic carbocycles. The number of ether oxygens (including phenoxy) is 1. The van der Waals surface area contributed by atoms with Crippen molar-refractivity contribution in [2.75, 3.05) is 32.1 Å². The molecular formula is C19H22N2O4S. The number of hydrogen-bond donors (Lipinski definition) is 0. The third-order valence-electron chi connectivity index (χ3n) is 5.91. The highest BCUT2D eigenvalue weighted by Crippen LogP contribution is 2.45. The maximum atomic E-state index is 12.7. The molecule has 1 saturated carbocycles. The van der Waals surface area contributed by atoms with E-state index >= 15 is 0 Å². The second-order valence-electron chi connectivity index (χ2n) is 7.70. The van der Waals surface area contributed by atoms with Gasteiger partial charge in [0, 0.05) is 31.2 Å². The fourth-order valence-corrected chi connectivity index (χ4v) is 6.42. The first-order valence-corrected chi connectivity index (χ1v) is 10.7. The molecule has 0 N–H and O–H groups in total.